The summed E-state index contributed by atoms with van der Waals surface area (Å²) in [5.74, 6) is -0.463. The van der Waals surface area contributed by atoms with Crippen LogP contribution in [0.2, 0.25) is 0 Å². The molecule has 0 fully saturated rings. The Morgan fingerprint density at radius 2 is 1.78 bits per heavy atom. The van der Waals surface area contributed by atoms with Crippen molar-refractivity contribution in [1.82, 2.24) is 0 Å². The number of hydrogen-bond acceptors (Lipinski definition) is 4. The maximum Gasteiger partial charge on any atom is 0.335 e. The average Bonchev–Trinajstić information content (AvgIpc) is 2.55. The molecule has 0 saturated heterocycles. The molecule has 120 valence electrons. The van der Waals surface area contributed by atoms with E-state index in [9.17, 15) is 9.59 Å². The van der Waals surface area contributed by atoms with Crippen molar-refractivity contribution in [3.05, 3.63) is 54.1 Å². The minimum Gasteiger partial charge on any atom is -0.493 e. The SMILES string of the molecule is COc1ccccc1O[C@@H](C)C(=O)Nc1cccc(C(=O)O)c1. The summed E-state index contributed by atoms with van der Waals surface area (Å²) in [7, 11) is 1.52. The fourth-order valence-electron chi connectivity index (χ4n) is 1.93. The summed E-state index contributed by atoms with van der Waals surface area (Å²) in [6, 6.07) is 13.0. The minimum atomic E-state index is -1.06. The molecule has 0 aliphatic heterocycles. The molecule has 0 spiro atoms. The molecule has 0 aromatic heterocycles. The lowest BCUT2D eigenvalue weighted by molar-refractivity contribution is -0.122. The van der Waals surface area contributed by atoms with Crippen LogP contribution in [-0.4, -0.2) is 30.2 Å². The van der Waals surface area contributed by atoms with E-state index in [-0.39, 0.29) is 5.56 Å². The molecular formula is C17H17NO5. The highest BCUT2D eigenvalue weighted by Gasteiger charge is 2.17. The molecule has 0 unspecified atom stereocenters. The molecule has 0 bridgehead atoms. The Hall–Kier alpha value is -3.02. The van der Waals surface area contributed by atoms with E-state index in [4.69, 9.17) is 14.6 Å². The van der Waals surface area contributed by atoms with Crippen LogP contribution in [0.25, 0.3) is 0 Å². The molecule has 2 rings (SSSR count). The summed E-state index contributed by atoms with van der Waals surface area (Å²) < 4.78 is 10.8. The van der Waals surface area contributed by atoms with Gasteiger partial charge < -0.3 is 19.9 Å². The Morgan fingerprint density at radius 1 is 1.09 bits per heavy atom. The zero-order chi connectivity index (χ0) is 16.8. The predicted molar refractivity (Wildman–Crippen MR) is 85.1 cm³/mol. The molecule has 2 aromatic rings. The first-order valence-corrected chi connectivity index (χ1v) is 6.95. The van der Waals surface area contributed by atoms with Crippen LogP contribution in [0.1, 0.15) is 17.3 Å². The van der Waals surface area contributed by atoms with Gasteiger partial charge in [-0.3, -0.25) is 4.79 Å². The number of aromatic carboxylic acids is 1. The summed E-state index contributed by atoms with van der Waals surface area (Å²) >= 11 is 0. The zero-order valence-corrected chi connectivity index (χ0v) is 12.8. The number of hydrogen-bond donors (Lipinski definition) is 2. The second-order valence-corrected chi connectivity index (χ2v) is 4.79. The van der Waals surface area contributed by atoms with Crippen LogP contribution in [0, 0.1) is 0 Å². The van der Waals surface area contributed by atoms with E-state index in [0.717, 1.165) is 0 Å². The number of carboxylic acid groups (broad SMARTS) is 1. The largest absolute Gasteiger partial charge is 0.493 e. The third-order valence-corrected chi connectivity index (χ3v) is 3.12. The number of ether oxygens (including phenoxy) is 2. The number of carbonyl (C=O) groups excluding carboxylic acids is 1. The molecular weight excluding hydrogens is 298 g/mol. The first-order chi connectivity index (χ1) is 11.0. The Balaban J connectivity index is 2.05. The number of para-hydroxylation sites is 2. The van der Waals surface area contributed by atoms with E-state index < -0.39 is 18.0 Å². The summed E-state index contributed by atoms with van der Waals surface area (Å²) in [5.41, 5.74) is 0.492. The summed E-state index contributed by atoms with van der Waals surface area (Å²) in [6.45, 7) is 1.60. The van der Waals surface area contributed by atoms with Crippen molar-refractivity contribution in [3.63, 3.8) is 0 Å². The number of amides is 1. The lowest BCUT2D eigenvalue weighted by atomic mass is 10.2. The van der Waals surface area contributed by atoms with Crippen LogP contribution in [0.3, 0.4) is 0 Å². The summed E-state index contributed by atoms with van der Waals surface area (Å²) in [5, 5.41) is 11.6. The van der Waals surface area contributed by atoms with Gasteiger partial charge in [-0.25, -0.2) is 4.79 Å². The van der Waals surface area contributed by atoms with Crippen LogP contribution in [0.5, 0.6) is 11.5 Å². The third-order valence-electron chi connectivity index (χ3n) is 3.12. The van der Waals surface area contributed by atoms with E-state index in [2.05, 4.69) is 5.32 Å². The van der Waals surface area contributed by atoms with Crippen LogP contribution < -0.4 is 14.8 Å². The van der Waals surface area contributed by atoms with Crippen molar-refractivity contribution >= 4 is 17.6 Å². The Labute approximate surface area is 133 Å². The van der Waals surface area contributed by atoms with Gasteiger partial charge in [0.2, 0.25) is 0 Å². The topological polar surface area (TPSA) is 84.9 Å². The van der Waals surface area contributed by atoms with Crippen LogP contribution in [0.15, 0.2) is 48.5 Å². The van der Waals surface area contributed by atoms with E-state index in [1.165, 1.54) is 19.2 Å². The van der Waals surface area contributed by atoms with Crippen LogP contribution in [-0.2, 0) is 4.79 Å². The van der Waals surface area contributed by atoms with Gasteiger partial charge in [-0.1, -0.05) is 18.2 Å². The molecule has 2 N–H and O–H groups in total. The zero-order valence-electron chi connectivity index (χ0n) is 12.8. The predicted octanol–water partition coefficient (Wildman–Crippen LogP) is 2.80. The van der Waals surface area contributed by atoms with Gasteiger partial charge in [0.1, 0.15) is 0 Å². The number of carbonyl (C=O) groups is 2. The number of anilines is 1. The van der Waals surface area contributed by atoms with Crippen molar-refractivity contribution in [3.8, 4) is 11.5 Å². The van der Waals surface area contributed by atoms with Crippen molar-refractivity contribution in [1.29, 1.82) is 0 Å². The second-order valence-electron chi connectivity index (χ2n) is 4.79. The number of carboxylic acids is 1. The molecule has 0 radical (unpaired) electrons. The number of rotatable bonds is 6. The smallest absolute Gasteiger partial charge is 0.335 e. The average molecular weight is 315 g/mol. The summed E-state index contributed by atoms with van der Waals surface area (Å²) in [4.78, 5) is 23.1. The quantitative estimate of drug-likeness (QED) is 0.856. The van der Waals surface area contributed by atoms with Crippen molar-refractivity contribution in [2.75, 3.05) is 12.4 Å². The molecule has 23 heavy (non-hydrogen) atoms. The molecule has 0 aliphatic carbocycles. The Bertz CT molecular complexity index is 714. The maximum atomic E-state index is 12.2. The molecule has 6 nitrogen and oxygen atoms in total. The van der Waals surface area contributed by atoms with Gasteiger partial charge in [0.05, 0.1) is 12.7 Å². The Morgan fingerprint density at radius 3 is 2.43 bits per heavy atom. The van der Waals surface area contributed by atoms with Crippen molar-refractivity contribution in [2.45, 2.75) is 13.0 Å². The van der Waals surface area contributed by atoms with Gasteiger partial charge in [-0.05, 0) is 37.3 Å². The van der Waals surface area contributed by atoms with Crippen LogP contribution >= 0.6 is 0 Å². The number of benzene rings is 2. The van der Waals surface area contributed by atoms with Crippen molar-refractivity contribution in [2.24, 2.45) is 0 Å². The lowest BCUT2D eigenvalue weighted by Gasteiger charge is -2.16. The first kappa shape index (κ1) is 16.4. The third kappa shape index (κ3) is 4.23. The summed E-state index contributed by atoms with van der Waals surface area (Å²) in [6.07, 6.45) is -0.778. The monoisotopic (exact) mass is 315 g/mol. The van der Waals surface area contributed by atoms with Gasteiger partial charge in [0, 0.05) is 5.69 Å². The fraction of sp³-hybridized carbons (Fsp3) is 0.176. The van der Waals surface area contributed by atoms with E-state index >= 15 is 0 Å². The molecule has 0 aliphatic rings. The number of methoxy groups -OCH3 is 1. The number of nitrogens with one attached hydrogen (secondary N) is 1. The van der Waals surface area contributed by atoms with Gasteiger partial charge in [-0.15, -0.1) is 0 Å². The van der Waals surface area contributed by atoms with E-state index in [0.29, 0.717) is 17.2 Å². The van der Waals surface area contributed by atoms with Gasteiger partial charge in [0.15, 0.2) is 17.6 Å². The second kappa shape index (κ2) is 7.31. The highest BCUT2D eigenvalue weighted by Crippen LogP contribution is 2.27. The molecule has 2 aromatic carbocycles. The van der Waals surface area contributed by atoms with Crippen LogP contribution in [0.4, 0.5) is 5.69 Å². The maximum absolute atomic E-state index is 12.2. The van der Waals surface area contributed by atoms with Gasteiger partial charge in [-0.2, -0.15) is 0 Å². The first-order valence-electron chi connectivity index (χ1n) is 6.95. The van der Waals surface area contributed by atoms with E-state index in [1.54, 1.807) is 43.3 Å². The highest BCUT2D eigenvalue weighted by atomic mass is 16.5. The lowest BCUT2D eigenvalue weighted by Crippen LogP contribution is -2.30. The van der Waals surface area contributed by atoms with Gasteiger partial charge >= 0.3 is 5.97 Å². The molecule has 6 heteroatoms. The van der Waals surface area contributed by atoms with Crippen molar-refractivity contribution < 1.29 is 24.2 Å². The molecule has 0 saturated carbocycles. The molecule has 0 heterocycles. The fourth-order valence-corrected chi connectivity index (χ4v) is 1.93. The molecule has 1 atom stereocenters. The minimum absolute atomic E-state index is 0.0982. The molecule has 1 amide bonds. The van der Waals surface area contributed by atoms with E-state index in [1.807, 2.05) is 0 Å². The normalized spacial score (nSPS) is 11.4. The standard InChI is InChI=1S/C17H17NO5/c1-11(23-15-9-4-3-8-14(15)22-2)16(19)18-13-7-5-6-12(10-13)17(20)21/h3-11H,1-2H3,(H,18,19)(H,20,21)/t11-/m0/s1. The van der Waals surface area contributed by atoms with Gasteiger partial charge in [0.25, 0.3) is 5.91 Å². The highest BCUT2D eigenvalue weighted by molar-refractivity contribution is 5.96. The Kier molecular flexibility index (Phi) is 5.19.